The van der Waals surface area contributed by atoms with Crippen molar-refractivity contribution in [3.63, 3.8) is 0 Å². The zero-order chi connectivity index (χ0) is 28.1. The Bertz CT molecular complexity index is 603. The summed E-state index contributed by atoms with van der Waals surface area (Å²) in [6.07, 6.45) is 19.2. The molecule has 3 unspecified atom stereocenters. The van der Waals surface area contributed by atoms with Crippen LogP contribution in [0.5, 0.6) is 0 Å². The van der Waals surface area contributed by atoms with E-state index in [1.165, 1.54) is 38.5 Å². The second-order valence-corrected chi connectivity index (χ2v) is 11.2. The van der Waals surface area contributed by atoms with Gasteiger partial charge >= 0.3 is 17.9 Å². The Morgan fingerprint density at radius 1 is 0.568 bits per heavy atom. The zero-order valence-corrected chi connectivity index (χ0v) is 24.1. The van der Waals surface area contributed by atoms with Crippen LogP contribution in [0.4, 0.5) is 0 Å². The van der Waals surface area contributed by atoms with E-state index in [-0.39, 0.29) is 0 Å². The first-order chi connectivity index (χ1) is 17.5. The molecule has 0 aromatic rings. The minimum atomic E-state index is -0.829. The largest absolute Gasteiger partial charge is 0.481 e. The van der Waals surface area contributed by atoms with E-state index in [0.29, 0.717) is 43.4 Å². The van der Waals surface area contributed by atoms with Crippen molar-refractivity contribution in [2.75, 3.05) is 26.2 Å². The molecule has 0 aliphatic rings. The van der Waals surface area contributed by atoms with E-state index >= 15 is 0 Å². The molecule has 0 saturated heterocycles. The summed E-state index contributed by atoms with van der Waals surface area (Å²) in [5.41, 5.74) is 0. The van der Waals surface area contributed by atoms with Crippen LogP contribution in [0.3, 0.4) is 0 Å². The van der Waals surface area contributed by atoms with Crippen molar-refractivity contribution < 1.29 is 34.2 Å². The molecule has 0 aliphatic heterocycles. The second kappa shape index (κ2) is 21.1. The van der Waals surface area contributed by atoms with Gasteiger partial charge in [0.05, 0.1) is 43.9 Å². The highest BCUT2D eigenvalue weighted by Gasteiger charge is 2.31. The molecule has 3 atom stereocenters. The van der Waals surface area contributed by atoms with Crippen LogP contribution in [0.15, 0.2) is 12.2 Å². The van der Waals surface area contributed by atoms with Crippen molar-refractivity contribution in [1.82, 2.24) is 0 Å². The van der Waals surface area contributed by atoms with E-state index in [9.17, 15) is 29.7 Å². The van der Waals surface area contributed by atoms with E-state index in [0.717, 1.165) is 38.6 Å². The number of carbonyl (C=O) groups is 3. The third kappa shape index (κ3) is 18.1. The quantitative estimate of drug-likeness (QED) is 0.0670. The molecule has 0 heterocycles. The van der Waals surface area contributed by atoms with Gasteiger partial charge in [0, 0.05) is 19.3 Å². The molecule has 0 amide bonds. The fourth-order valence-electron chi connectivity index (χ4n) is 4.61. The minimum absolute atomic E-state index is 0.482. The molecular formula is C30H56NO6+. The maximum absolute atomic E-state index is 11.4. The summed E-state index contributed by atoms with van der Waals surface area (Å²) in [5.74, 6) is -3.93. The van der Waals surface area contributed by atoms with Crippen molar-refractivity contribution in [2.45, 2.75) is 118 Å². The van der Waals surface area contributed by atoms with Crippen LogP contribution in [-0.2, 0) is 14.4 Å². The van der Waals surface area contributed by atoms with E-state index < -0.39 is 35.7 Å². The van der Waals surface area contributed by atoms with Crippen molar-refractivity contribution in [3.8, 4) is 0 Å². The monoisotopic (exact) mass is 526 g/mol. The first kappa shape index (κ1) is 35.1. The van der Waals surface area contributed by atoms with Gasteiger partial charge in [0.25, 0.3) is 0 Å². The molecule has 216 valence electrons. The number of allylic oxidation sites excluding steroid dienone is 2. The number of unbranched alkanes of at least 4 members (excludes halogenated alkanes) is 9. The van der Waals surface area contributed by atoms with E-state index in [1.54, 1.807) is 20.8 Å². The summed E-state index contributed by atoms with van der Waals surface area (Å²) in [6.45, 7) is 10.1. The molecule has 0 spiro atoms. The lowest BCUT2D eigenvalue weighted by atomic mass is 10.0. The average molecular weight is 527 g/mol. The summed E-state index contributed by atoms with van der Waals surface area (Å²) < 4.78 is 0.602. The number of rotatable bonds is 25. The number of hydrogen-bond donors (Lipinski definition) is 3. The molecule has 7 nitrogen and oxygen atoms in total. The smallest absolute Gasteiger partial charge is 0.306 e. The Hall–Kier alpha value is -1.89. The summed E-state index contributed by atoms with van der Waals surface area (Å²) in [6, 6.07) is 0. The van der Waals surface area contributed by atoms with E-state index in [1.807, 2.05) is 0 Å². The van der Waals surface area contributed by atoms with Crippen LogP contribution in [0.25, 0.3) is 0 Å². The molecule has 0 fully saturated rings. The first-order valence-corrected chi connectivity index (χ1v) is 14.7. The molecule has 0 bridgehead atoms. The third-order valence-corrected chi connectivity index (χ3v) is 7.77. The van der Waals surface area contributed by atoms with Crippen LogP contribution in [0, 0.1) is 17.8 Å². The number of carboxylic acids is 3. The second-order valence-electron chi connectivity index (χ2n) is 11.2. The summed E-state index contributed by atoms with van der Waals surface area (Å²) in [7, 11) is 0. The molecule has 37 heavy (non-hydrogen) atoms. The molecule has 0 radical (unpaired) electrons. The van der Waals surface area contributed by atoms with Gasteiger partial charge in [-0.1, -0.05) is 72.0 Å². The lowest BCUT2D eigenvalue weighted by molar-refractivity contribution is -0.929. The minimum Gasteiger partial charge on any atom is -0.481 e. The van der Waals surface area contributed by atoms with Crippen LogP contribution in [0.2, 0.25) is 0 Å². The highest BCUT2D eigenvalue weighted by atomic mass is 16.4. The van der Waals surface area contributed by atoms with Crippen molar-refractivity contribution in [1.29, 1.82) is 0 Å². The Balaban J connectivity index is 4.90. The van der Waals surface area contributed by atoms with Gasteiger partial charge in [-0.25, -0.2) is 0 Å². The number of nitrogens with zero attached hydrogens (tertiary/aromatic N) is 1. The van der Waals surface area contributed by atoms with Gasteiger partial charge in [-0.2, -0.15) is 0 Å². The lowest BCUT2D eigenvalue weighted by Crippen LogP contribution is -2.52. The molecular weight excluding hydrogens is 470 g/mol. The van der Waals surface area contributed by atoms with Gasteiger partial charge in [-0.05, 0) is 38.5 Å². The molecule has 0 aromatic heterocycles. The van der Waals surface area contributed by atoms with E-state index in [2.05, 4.69) is 19.1 Å². The van der Waals surface area contributed by atoms with Gasteiger partial charge in [0.15, 0.2) is 0 Å². The maximum atomic E-state index is 11.4. The molecule has 0 aliphatic carbocycles. The molecule has 3 N–H and O–H groups in total. The summed E-state index contributed by atoms with van der Waals surface area (Å²) in [5, 5.41) is 28.2. The van der Waals surface area contributed by atoms with Gasteiger partial charge in [0.1, 0.15) is 0 Å². The summed E-state index contributed by atoms with van der Waals surface area (Å²) in [4.78, 5) is 34.3. The number of carboxylic acid groups (broad SMARTS) is 3. The zero-order valence-electron chi connectivity index (χ0n) is 24.1. The van der Waals surface area contributed by atoms with Crippen molar-refractivity contribution >= 4 is 17.9 Å². The van der Waals surface area contributed by atoms with Crippen molar-refractivity contribution in [3.05, 3.63) is 12.2 Å². The predicted octanol–water partition coefficient (Wildman–Crippen LogP) is 7.00. The molecule has 0 rings (SSSR count). The summed E-state index contributed by atoms with van der Waals surface area (Å²) >= 11 is 0. The fourth-order valence-corrected chi connectivity index (χ4v) is 4.61. The fraction of sp³-hybridized carbons (Fsp3) is 0.833. The SMILES string of the molecule is CCCCCCC/C=C/CCCCCC[N+](CCC(C)C(=O)O)(CCC(C)C(=O)O)CCC(C)C(=O)O. The predicted molar refractivity (Wildman–Crippen MR) is 150 cm³/mol. The number of hydrogen-bond acceptors (Lipinski definition) is 3. The standard InChI is InChI=1S/C30H55NO6/c1-5-6-7-8-9-10-11-12-13-14-15-16-17-21-31(22-18-25(2)28(32)33,23-19-26(3)29(34)35)24-20-27(4)30(36)37/h11-12,25-27H,5-10,13-24H2,1-4H3,(H2-,32,33,34,35,36,37)/p+1/b12-11+. The third-order valence-electron chi connectivity index (χ3n) is 7.77. The Morgan fingerprint density at radius 3 is 1.27 bits per heavy atom. The average Bonchev–Trinajstić information content (AvgIpc) is 2.86. The molecule has 7 heteroatoms. The molecule has 0 saturated carbocycles. The lowest BCUT2D eigenvalue weighted by Gasteiger charge is -2.40. The topological polar surface area (TPSA) is 112 Å². The van der Waals surface area contributed by atoms with Crippen LogP contribution in [0.1, 0.15) is 118 Å². The highest BCUT2D eigenvalue weighted by Crippen LogP contribution is 2.21. The van der Waals surface area contributed by atoms with Gasteiger partial charge in [-0.15, -0.1) is 0 Å². The normalized spacial score (nSPS) is 15.8. The highest BCUT2D eigenvalue weighted by molar-refractivity contribution is 5.70. The van der Waals surface area contributed by atoms with E-state index in [4.69, 9.17) is 0 Å². The van der Waals surface area contributed by atoms with Gasteiger partial charge in [0.2, 0.25) is 0 Å². The van der Waals surface area contributed by atoms with Crippen LogP contribution in [-0.4, -0.2) is 63.9 Å². The van der Waals surface area contributed by atoms with Crippen LogP contribution < -0.4 is 0 Å². The number of quaternary nitrogens is 1. The van der Waals surface area contributed by atoms with Crippen molar-refractivity contribution in [2.24, 2.45) is 17.8 Å². The molecule has 0 aromatic carbocycles. The van der Waals surface area contributed by atoms with Gasteiger partial charge < -0.3 is 19.8 Å². The number of aliphatic carboxylic acids is 3. The maximum Gasteiger partial charge on any atom is 0.306 e. The van der Waals surface area contributed by atoms with Crippen LogP contribution >= 0.6 is 0 Å². The van der Waals surface area contributed by atoms with Gasteiger partial charge in [-0.3, -0.25) is 14.4 Å². The Morgan fingerprint density at radius 2 is 0.919 bits per heavy atom. The Kier molecular flexibility index (Phi) is 20.0. The first-order valence-electron chi connectivity index (χ1n) is 14.7. The Labute approximate surface area is 225 Å².